The van der Waals surface area contributed by atoms with Crippen molar-refractivity contribution in [2.45, 2.75) is 19.8 Å². The summed E-state index contributed by atoms with van der Waals surface area (Å²) in [6, 6.07) is 2.09. The highest BCUT2D eigenvalue weighted by atomic mass is 35.5. The fourth-order valence-electron chi connectivity index (χ4n) is 0.995. The summed E-state index contributed by atoms with van der Waals surface area (Å²) in [6.07, 6.45) is 4.10. The lowest BCUT2D eigenvalue weighted by Gasteiger charge is -1.95. The van der Waals surface area contributed by atoms with Gasteiger partial charge in [-0.2, -0.15) is 0 Å². The minimum Gasteiger partial charge on any atom is -0.365 e. The zero-order valence-electron chi connectivity index (χ0n) is 6.15. The smallest absolute Gasteiger partial charge is 0.0227 e. The van der Waals surface area contributed by atoms with Gasteiger partial charge in [-0.3, -0.25) is 0 Å². The molecule has 0 radical (unpaired) electrons. The monoisotopic (exact) mass is 157 g/mol. The molecule has 1 aromatic heterocycles. The number of nitrogens with one attached hydrogen (secondary N) is 1. The normalized spacial score (nSPS) is 10.2. The highest BCUT2D eigenvalue weighted by Gasteiger charge is 1.96. The third kappa shape index (κ3) is 1.77. The Bertz CT molecular complexity index is 193. The molecule has 0 aliphatic carbocycles. The van der Waals surface area contributed by atoms with E-state index in [0.29, 0.717) is 0 Å². The molecule has 0 aliphatic heterocycles. The Labute approximate surface area is 66.4 Å². The number of alkyl halides is 1. The van der Waals surface area contributed by atoms with Gasteiger partial charge in [-0.15, -0.1) is 11.6 Å². The molecule has 1 aromatic rings. The third-order valence-corrected chi connectivity index (χ3v) is 1.89. The van der Waals surface area contributed by atoms with E-state index >= 15 is 0 Å². The Hall–Kier alpha value is -0.430. The van der Waals surface area contributed by atoms with Gasteiger partial charge in [-0.25, -0.2) is 0 Å². The highest BCUT2D eigenvalue weighted by Crippen LogP contribution is 2.06. The van der Waals surface area contributed by atoms with Crippen LogP contribution in [0.1, 0.15) is 17.7 Å². The van der Waals surface area contributed by atoms with E-state index in [1.54, 1.807) is 0 Å². The van der Waals surface area contributed by atoms with Crippen molar-refractivity contribution in [1.29, 1.82) is 0 Å². The van der Waals surface area contributed by atoms with Crippen molar-refractivity contribution in [3.05, 3.63) is 23.5 Å². The van der Waals surface area contributed by atoms with Crippen molar-refractivity contribution in [2.24, 2.45) is 0 Å². The summed E-state index contributed by atoms with van der Waals surface area (Å²) in [4.78, 5) is 3.18. The number of aromatic nitrogens is 1. The summed E-state index contributed by atoms with van der Waals surface area (Å²) in [6.45, 7) is 2.11. The lowest BCUT2D eigenvalue weighted by atomic mass is 10.2. The summed E-state index contributed by atoms with van der Waals surface area (Å²) in [5, 5.41) is 0. The van der Waals surface area contributed by atoms with Crippen LogP contribution in [0.15, 0.2) is 12.3 Å². The van der Waals surface area contributed by atoms with Crippen molar-refractivity contribution in [1.82, 2.24) is 4.98 Å². The molecule has 0 bridgehead atoms. The van der Waals surface area contributed by atoms with E-state index < -0.39 is 0 Å². The Kier molecular flexibility index (Phi) is 2.82. The van der Waals surface area contributed by atoms with E-state index in [4.69, 9.17) is 11.6 Å². The molecule has 1 nitrogen and oxygen atoms in total. The predicted octanol–water partition coefficient (Wildman–Crippen LogP) is 2.49. The number of aromatic amines is 1. The standard InChI is InChI=1S/C8H12ClN/c1-7-4-6-10-8(7)3-2-5-9/h4,6,10H,2-3,5H2,1H3. The first-order chi connectivity index (χ1) is 4.84. The van der Waals surface area contributed by atoms with Gasteiger partial charge in [0.05, 0.1) is 0 Å². The second-order valence-corrected chi connectivity index (χ2v) is 2.81. The van der Waals surface area contributed by atoms with Crippen LogP contribution in [0.5, 0.6) is 0 Å². The van der Waals surface area contributed by atoms with Crippen LogP contribution >= 0.6 is 11.6 Å². The van der Waals surface area contributed by atoms with Crippen molar-refractivity contribution in [3.8, 4) is 0 Å². The number of H-pyrrole nitrogens is 1. The van der Waals surface area contributed by atoms with Crippen LogP contribution in [0.4, 0.5) is 0 Å². The Morgan fingerprint density at radius 1 is 1.60 bits per heavy atom. The fourth-order valence-corrected chi connectivity index (χ4v) is 1.13. The quantitative estimate of drug-likeness (QED) is 0.649. The van der Waals surface area contributed by atoms with E-state index in [9.17, 15) is 0 Å². The molecule has 0 fully saturated rings. The van der Waals surface area contributed by atoms with Crippen molar-refractivity contribution >= 4 is 11.6 Å². The minimum atomic E-state index is 0.748. The van der Waals surface area contributed by atoms with Gasteiger partial charge in [0.2, 0.25) is 0 Å². The Morgan fingerprint density at radius 3 is 2.90 bits per heavy atom. The maximum absolute atomic E-state index is 5.56. The third-order valence-electron chi connectivity index (χ3n) is 1.63. The van der Waals surface area contributed by atoms with Crippen LogP contribution in [0, 0.1) is 6.92 Å². The first-order valence-electron chi connectivity index (χ1n) is 3.53. The summed E-state index contributed by atoms with van der Waals surface area (Å²) < 4.78 is 0. The van der Waals surface area contributed by atoms with Gasteiger partial charge in [-0.05, 0) is 31.4 Å². The molecule has 0 atom stereocenters. The zero-order valence-corrected chi connectivity index (χ0v) is 6.91. The van der Waals surface area contributed by atoms with Gasteiger partial charge < -0.3 is 4.98 Å². The molecule has 1 heterocycles. The number of halogens is 1. The maximum atomic E-state index is 5.56. The fraction of sp³-hybridized carbons (Fsp3) is 0.500. The average Bonchev–Trinajstić information content (AvgIpc) is 2.31. The molecule has 0 aliphatic rings. The Morgan fingerprint density at radius 2 is 2.40 bits per heavy atom. The number of hydrogen-bond donors (Lipinski definition) is 1. The highest BCUT2D eigenvalue weighted by molar-refractivity contribution is 6.17. The number of rotatable bonds is 3. The van der Waals surface area contributed by atoms with E-state index in [1.165, 1.54) is 11.3 Å². The second kappa shape index (κ2) is 3.67. The van der Waals surface area contributed by atoms with Crippen LogP contribution in [-0.2, 0) is 6.42 Å². The van der Waals surface area contributed by atoms with Gasteiger partial charge in [0.1, 0.15) is 0 Å². The van der Waals surface area contributed by atoms with Crippen molar-refractivity contribution < 1.29 is 0 Å². The maximum Gasteiger partial charge on any atom is 0.0227 e. The lowest BCUT2D eigenvalue weighted by Crippen LogP contribution is -1.88. The molecule has 1 rings (SSSR count). The average molecular weight is 158 g/mol. The molecule has 0 saturated carbocycles. The first-order valence-corrected chi connectivity index (χ1v) is 4.07. The van der Waals surface area contributed by atoms with Gasteiger partial charge >= 0.3 is 0 Å². The van der Waals surface area contributed by atoms with E-state index in [1.807, 2.05) is 6.20 Å². The molecule has 0 saturated heterocycles. The molecule has 56 valence electrons. The van der Waals surface area contributed by atoms with Crippen LogP contribution in [0.3, 0.4) is 0 Å². The number of hydrogen-bond acceptors (Lipinski definition) is 0. The van der Waals surface area contributed by atoms with Crippen LogP contribution in [0.2, 0.25) is 0 Å². The van der Waals surface area contributed by atoms with E-state index in [0.717, 1.165) is 18.7 Å². The molecule has 0 spiro atoms. The summed E-state index contributed by atoms with van der Waals surface area (Å²) >= 11 is 5.56. The van der Waals surface area contributed by atoms with Crippen LogP contribution in [-0.4, -0.2) is 10.9 Å². The van der Waals surface area contributed by atoms with Gasteiger partial charge in [0.25, 0.3) is 0 Å². The molecule has 2 heteroatoms. The molecule has 0 unspecified atom stereocenters. The Balaban J connectivity index is 2.49. The zero-order chi connectivity index (χ0) is 7.40. The molecule has 10 heavy (non-hydrogen) atoms. The minimum absolute atomic E-state index is 0.748. The van der Waals surface area contributed by atoms with Crippen molar-refractivity contribution in [3.63, 3.8) is 0 Å². The van der Waals surface area contributed by atoms with Gasteiger partial charge in [-0.1, -0.05) is 0 Å². The second-order valence-electron chi connectivity index (χ2n) is 2.43. The summed E-state index contributed by atoms with van der Waals surface area (Å²) in [7, 11) is 0. The summed E-state index contributed by atoms with van der Waals surface area (Å²) in [5.74, 6) is 0.748. The van der Waals surface area contributed by atoms with E-state index in [-0.39, 0.29) is 0 Å². The molecular formula is C8H12ClN. The molecular weight excluding hydrogens is 146 g/mol. The van der Waals surface area contributed by atoms with Gasteiger partial charge in [0.15, 0.2) is 0 Å². The van der Waals surface area contributed by atoms with Crippen molar-refractivity contribution in [2.75, 3.05) is 5.88 Å². The van der Waals surface area contributed by atoms with Crippen LogP contribution < -0.4 is 0 Å². The topological polar surface area (TPSA) is 15.8 Å². The van der Waals surface area contributed by atoms with Crippen LogP contribution in [0.25, 0.3) is 0 Å². The molecule has 1 N–H and O–H groups in total. The van der Waals surface area contributed by atoms with Gasteiger partial charge in [0, 0.05) is 17.8 Å². The lowest BCUT2D eigenvalue weighted by molar-refractivity contribution is 0.890. The SMILES string of the molecule is Cc1cc[nH]c1CCCCl. The largest absolute Gasteiger partial charge is 0.365 e. The summed E-state index contributed by atoms with van der Waals surface area (Å²) in [5.41, 5.74) is 2.66. The number of aryl methyl sites for hydroxylation is 2. The molecule has 0 aromatic carbocycles. The molecule has 0 amide bonds. The van der Waals surface area contributed by atoms with E-state index in [2.05, 4.69) is 18.0 Å². The predicted molar refractivity (Wildman–Crippen MR) is 44.6 cm³/mol. The first kappa shape index (κ1) is 7.67.